The summed E-state index contributed by atoms with van der Waals surface area (Å²) >= 11 is 0. The summed E-state index contributed by atoms with van der Waals surface area (Å²) < 4.78 is 1.19. The van der Waals surface area contributed by atoms with Crippen molar-refractivity contribution >= 4 is 0 Å². The van der Waals surface area contributed by atoms with Crippen molar-refractivity contribution in [3.8, 4) is 0 Å². The van der Waals surface area contributed by atoms with E-state index in [1.54, 1.807) is 0 Å². The van der Waals surface area contributed by atoms with Crippen molar-refractivity contribution in [2.24, 2.45) is 0 Å². The Morgan fingerprint density at radius 1 is 1.44 bits per heavy atom. The molecule has 1 atom stereocenters. The molecule has 1 saturated heterocycles. The van der Waals surface area contributed by atoms with Crippen molar-refractivity contribution in [3.05, 3.63) is 0 Å². The van der Waals surface area contributed by atoms with Gasteiger partial charge >= 0.3 is 0 Å². The van der Waals surface area contributed by atoms with Crippen molar-refractivity contribution < 1.29 is 4.48 Å². The van der Waals surface area contributed by atoms with Crippen LogP contribution in [0, 0.1) is 0 Å². The Morgan fingerprint density at radius 3 is 2.33 bits per heavy atom. The van der Waals surface area contributed by atoms with E-state index in [1.165, 1.54) is 24.0 Å². The van der Waals surface area contributed by atoms with Crippen molar-refractivity contribution in [2.75, 3.05) is 34.2 Å². The van der Waals surface area contributed by atoms with Crippen LogP contribution in [-0.4, -0.2) is 44.8 Å². The molecule has 1 aliphatic heterocycles. The lowest BCUT2D eigenvalue weighted by molar-refractivity contribution is -0.878. The number of quaternary nitrogens is 1. The Labute approximate surface area is 57.4 Å². The van der Waals surface area contributed by atoms with E-state index in [0.29, 0.717) is 0 Å². The number of likely N-dealkylation sites (N-methyl/N-ethyl adjacent to an activating group) is 2. The molecule has 1 N–H and O–H groups in total. The molecule has 0 aromatic heterocycles. The quantitative estimate of drug-likeness (QED) is 0.493. The molecule has 0 aromatic carbocycles. The van der Waals surface area contributed by atoms with E-state index < -0.39 is 0 Å². The SMILES string of the molecule is CNC1CC[N+](C)(C)C1. The van der Waals surface area contributed by atoms with E-state index in [1.807, 2.05) is 0 Å². The van der Waals surface area contributed by atoms with Crippen molar-refractivity contribution in [2.45, 2.75) is 12.5 Å². The molecule has 1 aliphatic rings. The largest absolute Gasteiger partial charge is 0.327 e. The third kappa shape index (κ3) is 1.66. The van der Waals surface area contributed by atoms with Crippen LogP contribution in [0.1, 0.15) is 6.42 Å². The molecule has 2 heteroatoms. The maximum atomic E-state index is 3.30. The Kier molecular flexibility index (Phi) is 1.78. The van der Waals surface area contributed by atoms with E-state index in [-0.39, 0.29) is 0 Å². The van der Waals surface area contributed by atoms with Crippen LogP contribution in [-0.2, 0) is 0 Å². The number of nitrogens with one attached hydrogen (secondary N) is 1. The minimum atomic E-state index is 0.764. The summed E-state index contributed by atoms with van der Waals surface area (Å²) in [6.07, 6.45) is 1.34. The molecular formula is C7H17N2+. The van der Waals surface area contributed by atoms with E-state index in [0.717, 1.165) is 6.04 Å². The Hall–Kier alpha value is -0.0800. The standard InChI is InChI=1S/C7H17N2/c1-8-7-4-5-9(2,3)6-7/h7-8H,4-6H2,1-3H3/q+1. The van der Waals surface area contributed by atoms with E-state index >= 15 is 0 Å². The second kappa shape index (κ2) is 2.27. The lowest BCUT2D eigenvalue weighted by Crippen LogP contribution is -2.39. The highest BCUT2D eigenvalue weighted by atomic mass is 15.3. The summed E-state index contributed by atoms with van der Waals surface area (Å²) in [7, 11) is 6.63. The molecule has 9 heavy (non-hydrogen) atoms. The van der Waals surface area contributed by atoms with Crippen LogP contribution in [0.3, 0.4) is 0 Å². The number of hydrogen-bond acceptors (Lipinski definition) is 1. The highest BCUT2D eigenvalue weighted by Gasteiger charge is 2.28. The molecule has 1 unspecified atom stereocenters. The van der Waals surface area contributed by atoms with Gasteiger partial charge in [0, 0.05) is 6.42 Å². The van der Waals surface area contributed by atoms with Gasteiger partial charge in [-0.15, -0.1) is 0 Å². The minimum absolute atomic E-state index is 0.764. The maximum absolute atomic E-state index is 3.30. The average Bonchev–Trinajstić information content (AvgIpc) is 2.10. The molecule has 0 saturated carbocycles. The molecule has 1 rings (SSSR count). The predicted octanol–water partition coefficient (Wildman–Crippen LogP) is 0.0545. The zero-order valence-electron chi connectivity index (χ0n) is 6.65. The number of hydrogen-bond donors (Lipinski definition) is 1. The average molecular weight is 129 g/mol. The summed E-state index contributed by atoms with van der Waals surface area (Å²) in [6.45, 7) is 2.61. The topological polar surface area (TPSA) is 12.0 Å². The molecule has 1 fully saturated rings. The minimum Gasteiger partial charge on any atom is -0.327 e. The predicted molar refractivity (Wildman–Crippen MR) is 39.3 cm³/mol. The van der Waals surface area contributed by atoms with Gasteiger partial charge in [-0.05, 0) is 7.05 Å². The normalized spacial score (nSPS) is 33.0. The first-order valence-electron chi connectivity index (χ1n) is 3.63. The molecule has 2 nitrogen and oxygen atoms in total. The molecule has 1 heterocycles. The Morgan fingerprint density at radius 2 is 2.11 bits per heavy atom. The van der Waals surface area contributed by atoms with E-state index in [2.05, 4.69) is 26.5 Å². The monoisotopic (exact) mass is 129 g/mol. The van der Waals surface area contributed by atoms with Gasteiger partial charge in [0.15, 0.2) is 0 Å². The van der Waals surface area contributed by atoms with Crippen LogP contribution in [0.2, 0.25) is 0 Å². The summed E-state index contributed by atoms with van der Waals surface area (Å²) in [5, 5.41) is 3.30. The Bertz CT molecular complexity index is 99.1. The fourth-order valence-electron chi connectivity index (χ4n) is 1.52. The van der Waals surface area contributed by atoms with Gasteiger partial charge in [0.1, 0.15) is 0 Å². The summed E-state index contributed by atoms with van der Waals surface area (Å²) in [6, 6.07) is 0.764. The maximum Gasteiger partial charge on any atom is 0.0940 e. The second-order valence-electron chi connectivity index (χ2n) is 3.62. The van der Waals surface area contributed by atoms with Crippen molar-refractivity contribution in [1.82, 2.24) is 5.32 Å². The molecule has 0 aliphatic carbocycles. The lowest BCUT2D eigenvalue weighted by atomic mass is 10.3. The fraction of sp³-hybridized carbons (Fsp3) is 1.00. The smallest absolute Gasteiger partial charge is 0.0940 e. The van der Waals surface area contributed by atoms with Crippen LogP contribution < -0.4 is 5.32 Å². The molecule has 0 radical (unpaired) electrons. The van der Waals surface area contributed by atoms with E-state index in [4.69, 9.17) is 0 Å². The van der Waals surface area contributed by atoms with Crippen molar-refractivity contribution in [1.29, 1.82) is 0 Å². The first-order valence-corrected chi connectivity index (χ1v) is 3.63. The molecular weight excluding hydrogens is 112 g/mol. The summed E-state index contributed by atoms with van der Waals surface area (Å²) in [4.78, 5) is 0. The first-order chi connectivity index (χ1) is 4.14. The summed E-state index contributed by atoms with van der Waals surface area (Å²) in [5.74, 6) is 0. The molecule has 0 spiro atoms. The Balaban J connectivity index is 2.38. The van der Waals surface area contributed by atoms with Crippen LogP contribution in [0.15, 0.2) is 0 Å². The highest BCUT2D eigenvalue weighted by Crippen LogP contribution is 2.12. The molecule has 0 bridgehead atoms. The third-order valence-corrected chi connectivity index (χ3v) is 2.21. The lowest BCUT2D eigenvalue weighted by Gasteiger charge is -2.23. The molecule has 0 aromatic rings. The fourth-order valence-corrected chi connectivity index (χ4v) is 1.52. The van der Waals surface area contributed by atoms with Gasteiger partial charge in [0.05, 0.1) is 33.2 Å². The first kappa shape index (κ1) is 7.03. The molecule has 0 amide bonds. The van der Waals surface area contributed by atoms with Crippen LogP contribution in [0.4, 0.5) is 0 Å². The third-order valence-electron chi connectivity index (χ3n) is 2.21. The summed E-state index contributed by atoms with van der Waals surface area (Å²) in [5.41, 5.74) is 0. The van der Waals surface area contributed by atoms with Crippen molar-refractivity contribution in [3.63, 3.8) is 0 Å². The molecule has 54 valence electrons. The zero-order chi connectivity index (χ0) is 6.91. The van der Waals surface area contributed by atoms with Gasteiger partial charge in [-0.3, -0.25) is 0 Å². The van der Waals surface area contributed by atoms with Gasteiger partial charge in [-0.1, -0.05) is 0 Å². The number of rotatable bonds is 1. The zero-order valence-corrected chi connectivity index (χ0v) is 6.65. The van der Waals surface area contributed by atoms with Crippen LogP contribution in [0.5, 0.6) is 0 Å². The number of likely N-dealkylation sites (tertiary alicyclic amines) is 1. The van der Waals surface area contributed by atoms with Gasteiger partial charge < -0.3 is 9.80 Å². The van der Waals surface area contributed by atoms with Gasteiger partial charge in [0.25, 0.3) is 0 Å². The number of nitrogens with zero attached hydrogens (tertiary/aromatic N) is 1. The van der Waals surface area contributed by atoms with E-state index in [9.17, 15) is 0 Å². The van der Waals surface area contributed by atoms with Gasteiger partial charge in [-0.2, -0.15) is 0 Å². The highest BCUT2D eigenvalue weighted by molar-refractivity contribution is 4.68. The second-order valence-corrected chi connectivity index (χ2v) is 3.62. The van der Waals surface area contributed by atoms with Gasteiger partial charge in [-0.25, -0.2) is 0 Å². The van der Waals surface area contributed by atoms with Gasteiger partial charge in [0.2, 0.25) is 0 Å². The van der Waals surface area contributed by atoms with Crippen LogP contribution >= 0.6 is 0 Å². The van der Waals surface area contributed by atoms with Crippen LogP contribution in [0.25, 0.3) is 0 Å².